The van der Waals surface area contributed by atoms with Crippen LogP contribution in [0.4, 0.5) is 0 Å². The number of rotatable bonds is 3. The van der Waals surface area contributed by atoms with Gasteiger partial charge in [0.25, 0.3) is 0 Å². The van der Waals surface area contributed by atoms with Crippen molar-refractivity contribution in [2.24, 2.45) is 11.7 Å². The monoisotopic (exact) mass is 139 g/mol. The van der Waals surface area contributed by atoms with Crippen molar-refractivity contribution in [2.75, 3.05) is 13.2 Å². The smallest absolute Gasteiger partial charge is 0.0457 e. The molecule has 1 atom stereocenters. The first-order chi connectivity index (χ1) is 3.31. The van der Waals surface area contributed by atoms with E-state index in [2.05, 4.69) is 0 Å². The second kappa shape index (κ2) is 7.21. The molecule has 0 aromatic carbocycles. The van der Waals surface area contributed by atoms with Crippen LogP contribution < -0.4 is 5.73 Å². The summed E-state index contributed by atoms with van der Waals surface area (Å²) in [6, 6.07) is 0. The van der Waals surface area contributed by atoms with Crippen LogP contribution in [0.15, 0.2) is 0 Å². The van der Waals surface area contributed by atoms with Crippen LogP contribution in [0.5, 0.6) is 0 Å². The van der Waals surface area contributed by atoms with Crippen LogP contribution in [0, 0.1) is 5.92 Å². The van der Waals surface area contributed by atoms with Gasteiger partial charge in [0.15, 0.2) is 0 Å². The Kier molecular flexibility index (Phi) is 9.97. The quantitative estimate of drug-likeness (QED) is 0.594. The van der Waals surface area contributed by atoms with Gasteiger partial charge in [0.1, 0.15) is 0 Å². The Balaban J connectivity index is 0. The summed E-state index contributed by atoms with van der Waals surface area (Å²) < 4.78 is 0. The van der Waals surface area contributed by atoms with Crippen LogP contribution in [0.1, 0.15) is 13.3 Å². The van der Waals surface area contributed by atoms with Gasteiger partial charge >= 0.3 is 0 Å². The molecule has 0 amide bonds. The molecule has 0 heterocycles. The van der Waals surface area contributed by atoms with E-state index in [1.807, 2.05) is 6.92 Å². The minimum atomic E-state index is 0. The van der Waals surface area contributed by atoms with Crippen molar-refractivity contribution in [3.05, 3.63) is 0 Å². The molecule has 0 bridgehead atoms. The molecule has 0 aromatic rings. The molecule has 0 rings (SSSR count). The van der Waals surface area contributed by atoms with Crippen LogP contribution >= 0.6 is 12.4 Å². The number of hydrogen-bond donors (Lipinski definition) is 2. The van der Waals surface area contributed by atoms with Crippen molar-refractivity contribution < 1.29 is 5.11 Å². The molecule has 0 radical (unpaired) electrons. The highest BCUT2D eigenvalue weighted by molar-refractivity contribution is 5.85. The highest BCUT2D eigenvalue weighted by Gasteiger charge is 1.94. The van der Waals surface area contributed by atoms with Gasteiger partial charge in [-0.2, -0.15) is 0 Å². The zero-order valence-electron chi connectivity index (χ0n) is 5.13. The van der Waals surface area contributed by atoms with E-state index < -0.39 is 0 Å². The molecule has 0 aliphatic rings. The van der Waals surface area contributed by atoms with E-state index in [1.165, 1.54) is 0 Å². The summed E-state index contributed by atoms with van der Waals surface area (Å²) in [6.07, 6.45) is 0.927. The van der Waals surface area contributed by atoms with E-state index in [4.69, 9.17) is 10.8 Å². The van der Waals surface area contributed by atoms with Crippen molar-refractivity contribution in [3.8, 4) is 0 Å². The standard InChI is InChI=1S/C5H13NO.ClH/c1-5(4-7)2-3-6;/h5,7H,2-4,6H2,1H3;1H. The molecular weight excluding hydrogens is 126 g/mol. The normalized spacial score (nSPS) is 12.4. The summed E-state index contributed by atoms with van der Waals surface area (Å²) in [5.74, 6) is 0.380. The number of aliphatic hydroxyl groups excluding tert-OH is 1. The Morgan fingerprint density at radius 2 is 2.12 bits per heavy atom. The second-order valence-corrected chi connectivity index (χ2v) is 1.87. The molecule has 3 N–H and O–H groups in total. The maximum absolute atomic E-state index is 8.41. The van der Waals surface area contributed by atoms with Crippen molar-refractivity contribution in [3.63, 3.8) is 0 Å². The molecule has 0 saturated heterocycles. The van der Waals surface area contributed by atoms with Crippen LogP contribution in [0.3, 0.4) is 0 Å². The molecule has 1 unspecified atom stereocenters. The largest absolute Gasteiger partial charge is 0.396 e. The maximum Gasteiger partial charge on any atom is 0.0457 e. The Bertz CT molecular complexity index is 43.4. The molecule has 8 heavy (non-hydrogen) atoms. The van der Waals surface area contributed by atoms with Gasteiger partial charge in [0, 0.05) is 6.61 Å². The first-order valence-corrected chi connectivity index (χ1v) is 2.62. The molecule has 52 valence electrons. The fraction of sp³-hybridized carbons (Fsp3) is 1.00. The summed E-state index contributed by atoms with van der Waals surface area (Å²) in [4.78, 5) is 0. The van der Waals surface area contributed by atoms with E-state index in [-0.39, 0.29) is 19.0 Å². The third kappa shape index (κ3) is 6.21. The SMILES string of the molecule is CC(CO)CCN.Cl. The van der Waals surface area contributed by atoms with Crippen molar-refractivity contribution in [2.45, 2.75) is 13.3 Å². The third-order valence-corrected chi connectivity index (χ3v) is 0.971. The predicted octanol–water partition coefficient (Wildman–Crippen LogP) is 0.385. The van der Waals surface area contributed by atoms with Gasteiger partial charge in [-0.25, -0.2) is 0 Å². The predicted molar refractivity (Wildman–Crippen MR) is 37.2 cm³/mol. The molecule has 0 aromatic heterocycles. The lowest BCUT2D eigenvalue weighted by molar-refractivity contribution is 0.232. The Labute approximate surface area is 56.5 Å². The van der Waals surface area contributed by atoms with E-state index in [1.54, 1.807) is 0 Å². The van der Waals surface area contributed by atoms with Crippen LogP contribution in [-0.4, -0.2) is 18.3 Å². The topological polar surface area (TPSA) is 46.2 Å². The molecular formula is C5H14ClNO. The van der Waals surface area contributed by atoms with E-state index in [0.717, 1.165) is 6.42 Å². The maximum atomic E-state index is 8.41. The van der Waals surface area contributed by atoms with Gasteiger partial charge in [-0.15, -0.1) is 12.4 Å². The van der Waals surface area contributed by atoms with Crippen molar-refractivity contribution in [1.82, 2.24) is 0 Å². The van der Waals surface area contributed by atoms with Crippen molar-refractivity contribution in [1.29, 1.82) is 0 Å². The zero-order valence-corrected chi connectivity index (χ0v) is 5.95. The average Bonchev–Trinajstić information content (AvgIpc) is 1.68. The molecule has 0 aliphatic carbocycles. The second-order valence-electron chi connectivity index (χ2n) is 1.87. The Morgan fingerprint density at radius 3 is 2.25 bits per heavy atom. The Morgan fingerprint density at radius 1 is 1.62 bits per heavy atom. The van der Waals surface area contributed by atoms with E-state index in [9.17, 15) is 0 Å². The summed E-state index contributed by atoms with van der Waals surface area (Å²) >= 11 is 0. The van der Waals surface area contributed by atoms with Gasteiger partial charge in [-0.1, -0.05) is 6.92 Å². The number of aliphatic hydroxyl groups is 1. The Hall–Kier alpha value is 0.210. The van der Waals surface area contributed by atoms with Gasteiger partial charge in [-0.3, -0.25) is 0 Å². The highest BCUT2D eigenvalue weighted by Crippen LogP contribution is 1.95. The van der Waals surface area contributed by atoms with Gasteiger partial charge in [0.05, 0.1) is 0 Å². The first kappa shape index (κ1) is 11.1. The first-order valence-electron chi connectivity index (χ1n) is 2.62. The van der Waals surface area contributed by atoms with E-state index in [0.29, 0.717) is 12.5 Å². The van der Waals surface area contributed by atoms with Crippen LogP contribution in [-0.2, 0) is 0 Å². The lowest BCUT2D eigenvalue weighted by Crippen LogP contribution is -2.08. The molecule has 3 heteroatoms. The minimum Gasteiger partial charge on any atom is -0.396 e. The molecule has 0 saturated carbocycles. The lowest BCUT2D eigenvalue weighted by atomic mass is 10.1. The molecule has 0 fully saturated rings. The fourth-order valence-corrected chi connectivity index (χ4v) is 0.376. The highest BCUT2D eigenvalue weighted by atomic mass is 35.5. The van der Waals surface area contributed by atoms with Crippen molar-refractivity contribution >= 4 is 12.4 Å². The molecule has 0 aliphatic heterocycles. The average molecular weight is 140 g/mol. The third-order valence-electron chi connectivity index (χ3n) is 0.971. The van der Waals surface area contributed by atoms with Crippen LogP contribution in [0.25, 0.3) is 0 Å². The zero-order chi connectivity index (χ0) is 5.70. The number of halogens is 1. The summed E-state index contributed by atoms with van der Waals surface area (Å²) in [5, 5.41) is 8.41. The number of hydrogen-bond acceptors (Lipinski definition) is 2. The van der Waals surface area contributed by atoms with Crippen LogP contribution in [0.2, 0.25) is 0 Å². The van der Waals surface area contributed by atoms with Gasteiger partial charge < -0.3 is 10.8 Å². The fourth-order valence-electron chi connectivity index (χ4n) is 0.376. The number of nitrogens with two attached hydrogens (primary N) is 1. The summed E-state index contributed by atoms with van der Waals surface area (Å²) in [7, 11) is 0. The lowest BCUT2D eigenvalue weighted by Gasteiger charge is -2.01. The van der Waals surface area contributed by atoms with Gasteiger partial charge in [-0.05, 0) is 18.9 Å². The molecule has 0 spiro atoms. The minimum absolute atomic E-state index is 0. The summed E-state index contributed by atoms with van der Waals surface area (Å²) in [6.45, 7) is 2.92. The van der Waals surface area contributed by atoms with E-state index >= 15 is 0 Å². The molecule has 2 nitrogen and oxygen atoms in total. The summed E-state index contributed by atoms with van der Waals surface area (Å²) in [5.41, 5.74) is 5.19. The van der Waals surface area contributed by atoms with Gasteiger partial charge in [0.2, 0.25) is 0 Å².